The third-order valence-corrected chi connectivity index (χ3v) is 5.83. The Morgan fingerprint density at radius 3 is 2.52 bits per heavy atom. The summed E-state index contributed by atoms with van der Waals surface area (Å²) in [6.07, 6.45) is -4.32. The largest absolute Gasteiger partial charge is 0.522 e. The number of hydrogen-bond donors (Lipinski definition) is 3. The van der Waals surface area contributed by atoms with Crippen molar-refractivity contribution in [3.05, 3.63) is 0 Å². The fraction of sp³-hybridized carbons (Fsp3) is 0.810. The molecular formula is C21H32F3N3O6. The molecule has 0 aromatic rings. The second kappa shape index (κ2) is 11.8. The number of halogens is 3. The lowest BCUT2D eigenvalue weighted by Crippen LogP contribution is -2.57. The molecule has 4 atom stereocenters. The Morgan fingerprint density at radius 1 is 1.24 bits per heavy atom. The zero-order valence-corrected chi connectivity index (χ0v) is 18.8. The molecule has 0 bridgehead atoms. The number of aliphatic hydroxyl groups excluding tert-OH is 1. The molecule has 33 heavy (non-hydrogen) atoms. The van der Waals surface area contributed by atoms with Gasteiger partial charge in [0, 0.05) is 19.0 Å². The van der Waals surface area contributed by atoms with Crippen molar-refractivity contribution < 1.29 is 42.2 Å². The second-order valence-corrected chi connectivity index (χ2v) is 8.96. The Labute approximate surface area is 190 Å². The van der Waals surface area contributed by atoms with E-state index in [1.54, 1.807) is 0 Å². The van der Waals surface area contributed by atoms with E-state index < -0.39 is 54.7 Å². The molecule has 0 spiro atoms. The predicted molar refractivity (Wildman–Crippen MR) is 109 cm³/mol. The highest BCUT2D eigenvalue weighted by molar-refractivity contribution is 5.94. The number of carbonyl (C=O) groups excluding carboxylic acids is 4. The second-order valence-electron chi connectivity index (χ2n) is 8.96. The van der Waals surface area contributed by atoms with Crippen molar-refractivity contribution in [3.63, 3.8) is 0 Å². The maximum absolute atomic E-state index is 13.0. The number of aliphatic hydroxyl groups is 1. The summed E-state index contributed by atoms with van der Waals surface area (Å²) in [4.78, 5) is 51.4. The minimum Gasteiger partial charge on any atom is -0.383 e. The van der Waals surface area contributed by atoms with Gasteiger partial charge in [-0.3, -0.25) is 23.9 Å². The van der Waals surface area contributed by atoms with E-state index in [1.165, 1.54) is 4.90 Å². The van der Waals surface area contributed by atoms with Crippen LogP contribution in [0.5, 0.6) is 0 Å². The maximum Gasteiger partial charge on any atom is 0.522 e. The van der Waals surface area contributed by atoms with Crippen LogP contribution >= 0.6 is 0 Å². The molecule has 12 heteroatoms. The van der Waals surface area contributed by atoms with Crippen molar-refractivity contribution in [2.45, 2.75) is 76.9 Å². The van der Waals surface area contributed by atoms with Gasteiger partial charge in [0.2, 0.25) is 11.8 Å². The number of rotatable bonds is 10. The summed E-state index contributed by atoms with van der Waals surface area (Å²) in [7, 11) is 0. The van der Waals surface area contributed by atoms with Gasteiger partial charge in [-0.05, 0) is 44.4 Å². The average Bonchev–Trinajstić information content (AvgIpc) is 3.14. The number of Topliss-reactive ketones (excluding diaryl/α,β-unsaturated/α-hetero) is 1. The highest BCUT2D eigenvalue weighted by Crippen LogP contribution is 2.22. The van der Waals surface area contributed by atoms with Gasteiger partial charge in [-0.15, -0.1) is 13.2 Å². The number of nitrogens with zero attached hydrogens (tertiary/aromatic N) is 1. The molecule has 2 aliphatic heterocycles. The zero-order valence-electron chi connectivity index (χ0n) is 18.8. The number of likely N-dealkylation sites (tertiary alicyclic amines) is 1. The van der Waals surface area contributed by atoms with Crippen molar-refractivity contribution in [2.24, 2.45) is 11.8 Å². The van der Waals surface area contributed by atoms with Crippen molar-refractivity contribution in [3.8, 4) is 0 Å². The van der Waals surface area contributed by atoms with Gasteiger partial charge in [0.1, 0.15) is 18.8 Å². The van der Waals surface area contributed by atoms with Gasteiger partial charge in [0.15, 0.2) is 5.78 Å². The molecule has 9 nitrogen and oxygen atoms in total. The molecule has 3 N–H and O–H groups in total. The van der Waals surface area contributed by atoms with Crippen LogP contribution in [0.3, 0.4) is 0 Å². The summed E-state index contributed by atoms with van der Waals surface area (Å²) in [5.41, 5.74) is 0. The van der Waals surface area contributed by atoms with Crippen LogP contribution in [0, 0.1) is 11.8 Å². The predicted octanol–water partition coefficient (Wildman–Crippen LogP) is 0.891. The molecule has 0 saturated carbocycles. The van der Waals surface area contributed by atoms with Gasteiger partial charge < -0.3 is 20.6 Å². The molecule has 2 fully saturated rings. The number of piperidine rings is 1. The lowest BCUT2D eigenvalue weighted by atomic mass is 9.94. The molecule has 0 aliphatic carbocycles. The fourth-order valence-electron chi connectivity index (χ4n) is 4.15. The van der Waals surface area contributed by atoms with E-state index in [2.05, 4.69) is 15.4 Å². The minimum atomic E-state index is -5.02. The molecule has 0 radical (unpaired) electrons. The first-order chi connectivity index (χ1) is 15.4. The number of carbonyl (C=O) groups is 4. The zero-order chi connectivity index (χ0) is 24.8. The van der Waals surface area contributed by atoms with E-state index >= 15 is 0 Å². The molecule has 0 aromatic carbocycles. The van der Waals surface area contributed by atoms with Gasteiger partial charge in [-0.25, -0.2) is 0 Å². The van der Waals surface area contributed by atoms with Crippen LogP contribution in [0.25, 0.3) is 0 Å². The van der Waals surface area contributed by atoms with E-state index in [0.29, 0.717) is 25.8 Å². The van der Waals surface area contributed by atoms with E-state index in [9.17, 15) is 37.5 Å². The van der Waals surface area contributed by atoms with Crippen LogP contribution in [0.1, 0.15) is 52.4 Å². The first-order valence-corrected chi connectivity index (χ1v) is 11.2. The Hall–Kier alpha value is -2.21. The van der Waals surface area contributed by atoms with Crippen LogP contribution in [0.4, 0.5) is 13.2 Å². The van der Waals surface area contributed by atoms with E-state index in [4.69, 9.17) is 0 Å². The van der Waals surface area contributed by atoms with Crippen molar-refractivity contribution in [2.75, 3.05) is 19.7 Å². The van der Waals surface area contributed by atoms with Crippen molar-refractivity contribution >= 4 is 23.5 Å². The van der Waals surface area contributed by atoms with Crippen molar-refractivity contribution in [1.82, 2.24) is 15.5 Å². The normalized spacial score (nSPS) is 23.2. The Kier molecular flexibility index (Phi) is 9.65. The summed E-state index contributed by atoms with van der Waals surface area (Å²) in [5, 5.41) is 15.3. The molecule has 2 aliphatic rings. The third-order valence-electron chi connectivity index (χ3n) is 5.83. The standard InChI is InChI=1S/C21H32F3N3O6/c1-12(2)9-16(28)20(32)27-8-4-3-5-15(27)19(31)26-14(10-13-6-7-25-18(13)30)17(29)11-33-21(22,23)24/h12-16,28H,3-11H2,1-2H3,(H,25,30)(H,26,31). The molecular weight excluding hydrogens is 447 g/mol. The van der Waals surface area contributed by atoms with Gasteiger partial charge in [0.25, 0.3) is 5.91 Å². The molecule has 3 amide bonds. The third kappa shape index (κ3) is 8.26. The summed E-state index contributed by atoms with van der Waals surface area (Å²) >= 11 is 0. The van der Waals surface area contributed by atoms with Gasteiger partial charge in [-0.1, -0.05) is 13.8 Å². The number of alkyl halides is 3. The number of ether oxygens (including phenoxy) is 1. The number of nitrogens with one attached hydrogen (secondary N) is 2. The first-order valence-electron chi connectivity index (χ1n) is 11.2. The van der Waals surface area contributed by atoms with Gasteiger partial charge in [0.05, 0.1) is 6.04 Å². The Bertz CT molecular complexity index is 731. The SMILES string of the molecule is CC(C)CC(O)C(=O)N1CCCCC1C(=O)NC(CC1CCNC1=O)C(=O)COC(F)(F)F. The molecule has 2 heterocycles. The number of ketones is 1. The maximum atomic E-state index is 13.0. The highest BCUT2D eigenvalue weighted by atomic mass is 19.4. The average molecular weight is 479 g/mol. The van der Waals surface area contributed by atoms with Crippen LogP contribution < -0.4 is 10.6 Å². The summed E-state index contributed by atoms with van der Waals surface area (Å²) in [6.45, 7) is 3.00. The molecule has 4 unspecified atom stereocenters. The van der Waals surface area contributed by atoms with Crippen LogP contribution in [-0.2, 0) is 23.9 Å². The topological polar surface area (TPSA) is 125 Å². The summed E-state index contributed by atoms with van der Waals surface area (Å²) in [6, 6.07) is -2.35. The summed E-state index contributed by atoms with van der Waals surface area (Å²) in [5.74, 6) is -3.25. The Balaban J connectivity index is 2.13. The van der Waals surface area contributed by atoms with Crippen LogP contribution in [-0.4, -0.2) is 77.8 Å². The smallest absolute Gasteiger partial charge is 0.383 e. The molecule has 2 saturated heterocycles. The molecule has 188 valence electrons. The van der Waals surface area contributed by atoms with E-state index in [1.807, 2.05) is 13.8 Å². The molecule has 2 rings (SSSR count). The number of amides is 3. The number of hydrogen-bond acceptors (Lipinski definition) is 6. The van der Waals surface area contributed by atoms with Crippen LogP contribution in [0.15, 0.2) is 0 Å². The van der Waals surface area contributed by atoms with Gasteiger partial charge >= 0.3 is 6.36 Å². The molecule has 0 aromatic heterocycles. The van der Waals surface area contributed by atoms with E-state index in [-0.39, 0.29) is 37.6 Å². The quantitative estimate of drug-likeness (QED) is 0.428. The minimum absolute atomic E-state index is 0.0502. The Morgan fingerprint density at radius 2 is 1.94 bits per heavy atom. The lowest BCUT2D eigenvalue weighted by Gasteiger charge is -2.37. The lowest BCUT2D eigenvalue weighted by molar-refractivity contribution is -0.321. The highest BCUT2D eigenvalue weighted by Gasteiger charge is 2.39. The van der Waals surface area contributed by atoms with Gasteiger partial charge in [-0.2, -0.15) is 0 Å². The first kappa shape index (κ1) is 27.0. The fourth-order valence-corrected chi connectivity index (χ4v) is 4.15. The van der Waals surface area contributed by atoms with Crippen LogP contribution in [0.2, 0.25) is 0 Å². The van der Waals surface area contributed by atoms with Crippen molar-refractivity contribution in [1.29, 1.82) is 0 Å². The monoisotopic (exact) mass is 479 g/mol. The summed E-state index contributed by atoms with van der Waals surface area (Å²) < 4.78 is 40.9. The van der Waals surface area contributed by atoms with E-state index in [0.717, 1.165) is 0 Å².